The van der Waals surface area contributed by atoms with Crippen LogP contribution in [0.4, 0.5) is 0 Å². The number of hydrogen-bond acceptors (Lipinski definition) is 5. The molecule has 1 aliphatic heterocycles. The zero-order valence-electron chi connectivity index (χ0n) is 13.0. The van der Waals surface area contributed by atoms with Crippen LogP contribution in [0.1, 0.15) is 28.4 Å². The monoisotopic (exact) mass is 334 g/mol. The molecule has 7 nitrogen and oxygen atoms in total. The van der Waals surface area contributed by atoms with Crippen LogP contribution in [0.3, 0.4) is 0 Å². The van der Waals surface area contributed by atoms with Crippen LogP contribution in [0.5, 0.6) is 0 Å². The SMILES string of the molecule is Cc1nc(CN2CCCN(C(=O)c3cncc(Cl)c3)CC2)n[nH]1. The summed E-state index contributed by atoms with van der Waals surface area (Å²) in [6.07, 6.45) is 4.01. The number of aryl methyl sites for hydroxylation is 1. The van der Waals surface area contributed by atoms with E-state index in [4.69, 9.17) is 11.6 Å². The molecule has 3 rings (SSSR count). The number of carbonyl (C=O) groups excluding carboxylic acids is 1. The Morgan fingerprint density at radius 3 is 2.91 bits per heavy atom. The molecule has 0 atom stereocenters. The van der Waals surface area contributed by atoms with Crippen molar-refractivity contribution in [1.82, 2.24) is 30.0 Å². The van der Waals surface area contributed by atoms with Gasteiger partial charge in [0.25, 0.3) is 5.91 Å². The summed E-state index contributed by atoms with van der Waals surface area (Å²) in [4.78, 5) is 25.0. The topological polar surface area (TPSA) is 78.0 Å². The maximum atomic E-state index is 12.6. The third-order valence-electron chi connectivity index (χ3n) is 3.84. The number of aromatic nitrogens is 4. The zero-order chi connectivity index (χ0) is 16.2. The van der Waals surface area contributed by atoms with E-state index in [1.807, 2.05) is 11.8 Å². The van der Waals surface area contributed by atoms with E-state index >= 15 is 0 Å². The largest absolute Gasteiger partial charge is 0.337 e. The van der Waals surface area contributed by atoms with Crippen LogP contribution in [0.15, 0.2) is 18.5 Å². The Morgan fingerprint density at radius 2 is 2.17 bits per heavy atom. The lowest BCUT2D eigenvalue weighted by molar-refractivity contribution is 0.0760. The van der Waals surface area contributed by atoms with Gasteiger partial charge in [0.15, 0.2) is 5.82 Å². The predicted octanol–water partition coefficient (Wildman–Crippen LogP) is 1.51. The lowest BCUT2D eigenvalue weighted by atomic mass is 10.2. The van der Waals surface area contributed by atoms with E-state index in [9.17, 15) is 4.79 Å². The fourth-order valence-corrected chi connectivity index (χ4v) is 2.88. The number of pyridine rings is 1. The van der Waals surface area contributed by atoms with Crippen molar-refractivity contribution < 1.29 is 4.79 Å². The van der Waals surface area contributed by atoms with Crippen LogP contribution in [0, 0.1) is 6.92 Å². The van der Waals surface area contributed by atoms with Crippen molar-refractivity contribution in [3.05, 3.63) is 40.7 Å². The Kier molecular flexibility index (Phi) is 4.88. The van der Waals surface area contributed by atoms with Crippen LogP contribution in [0.25, 0.3) is 0 Å². The zero-order valence-corrected chi connectivity index (χ0v) is 13.8. The molecule has 0 aromatic carbocycles. The highest BCUT2D eigenvalue weighted by molar-refractivity contribution is 6.30. The summed E-state index contributed by atoms with van der Waals surface area (Å²) >= 11 is 5.92. The first-order valence-corrected chi connectivity index (χ1v) is 7.99. The minimum atomic E-state index is -0.0180. The van der Waals surface area contributed by atoms with E-state index in [1.165, 1.54) is 6.20 Å². The molecule has 1 saturated heterocycles. The molecule has 2 aromatic heterocycles. The maximum Gasteiger partial charge on any atom is 0.255 e. The van der Waals surface area contributed by atoms with Crippen molar-refractivity contribution >= 4 is 17.5 Å². The molecule has 0 saturated carbocycles. The van der Waals surface area contributed by atoms with Gasteiger partial charge >= 0.3 is 0 Å². The van der Waals surface area contributed by atoms with Crippen LogP contribution in [-0.2, 0) is 6.54 Å². The van der Waals surface area contributed by atoms with E-state index in [-0.39, 0.29) is 5.91 Å². The first-order chi connectivity index (χ1) is 11.1. The van der Waals surface area contributed by atoms with Gasteiger partial charge in [0.05, 0.1) is 17.1 Å². The second kappa shape index (κ2) is 7.06. The number of nitrogens with one attached hydrogen (secondary N) is 1. The highest BCUT2D eigenvalue weighted by Gasteiger charge is 2.21. The van der Waals surface area contributed by atoms with Crippen molar-refractivity contribution in [2.24, 2.45) is 0 Å². The van der Waals surface area contributed by atoms with Gasteiger partial charge in [-0.15, -0.1) is 0 Å². The van der Waals surface area contributed by atoms with Crippen molar-refractivity contribution in [3.63, 3.8) is 0 Å². The second-order valence-electron chi connectivity index (χ2n) is 5.65. The van der Waals surface area contributed by atoms with Crippen LogP contribution in [0.2, 0.25) is 5.02 Å². The summed E-state index contributed by atoms with van der Waals surface area (Å²) in [6.45, 7) is 5.71. The Labute approximate surface area is 139 Å². The number of carbonyl (C=O) groups is 1. The molecule has 122 valence electrons. The van der Waals surface area contributed by atoms with E-state index < -0.39 is 0 Å². The summed E-state index contributed by atoms with van der Waals surface area (Å²) in [5, 5.41) is 7.51. The van der Waals surface area contributed by atoms with Gasteiger partial charge in [-0.05, 0) is 19.4 Å². The molecule has 23 heavy (non-hydrogen) atoms. The van der Waals surface area contributed by atoms with Crippen molar-refractivity contribution in [3.8, 4) is 0 Å². The Morgan fingerprint density at radius 1 is 1.30 bits per heavy atom. The van der Waals surface area contributed by atoms with Crippen molar-refractivity contribution in [1.29, 1.82) is 0 Å². The van der Waals surface area contributed by atoms with Gasteiger partial charge in [-0.3, -0.25) is 19.8 Å². The molecule has 0 aliphatic carbocycles. The number of nitrogens with zero attached hydrogens (tertiary/aromatic N) is 5. The number of aromatic amines is 1. The fourth-order valence-electron chi connectivity index (χ4n) is 2.70. The first kappa shape index (κ1) is 15.9. The molecule has 2 aromatic rings. The molecular formula is C15H19ClN6O. The van der Waals surface area contributed by atoms with Crippen LogP contribution >= 0.6 is 11.6 Å². The second-order valence-corrected chi connectivity index (χ2v) is 6.09. The minimum Gasteiger partial charge on any atom is -0.337 e. The number of hydrogen-bond donors (Lipinski definition) is 1. The lowest BCUT2D eigenvalue weighted by Crippen LogP contribution is -2.35. The Hall–Kier alpha value is -1.99. The fraction of sp³-hybridized carbons (Fsp3) is 0.467. The average molecular weight is 335 g/mol. The van der Waals surface area contributed by atoms with Gasteiger partial charge in [-0.1, -0.05) is 11.6 Å². The minimum absolute atomic E-state index is 0.0180. The number of amides is 1. The summed E-state index contributed by atoms with van der Waals surface area (Å²) in [7, 11) is 0. The van der Waals surface area contributed by atoms with E-state index in [0.29, 0.717) is 23.7 Å². The molecule has 1 aliphatic rings. The molecule has 1 fully saturated rings. The molecule has 0 bridgehead atoms. The van der Waals surface area contributed by atoms with Crippen LogP contribution in [-0.4, -0.2) is 62.1 Å². The van der Waals surface area contributed by atoms with E-state index in [0.717, 1.165) is 37.7 Å². The summed E-state index contributed by atoms with van der Waals surface area (Å²) in [6, 6.07) is 1.66. The molecule has 1 amide bonds. The summed E-state index contributed by atoms with van der Waals surface area (Å²) < 4.78 is 0. The van der Waals surface area contributed by atoms with E-state index in [1.54, 1.807) is 12.3 Å². The van der Waals surface area contributed by atoms with E-state index in [2.05, 4.69) is 25.1 Å². The maximum absolute atomic E-state index is 12.6. The molecule has 0 radical (unpaired) electrons. The third-order valence-corrected chi connectivity index (χ3v) is 4.04. The molecular weight excluding hydrogens is 316 g/mol. The molecule has 8 heteroatoms. The van der Waals surface area contributed by atoms with Crippen molar-refractivity contribution in [2.45, 2.75) is 19.9 Å². The van der Waals surface area contributed by atoms with Gasteiger partial charge in [-0.2, -0.15) is 5.10 Å². The lowest BCUT2D eigenvalue weighted by Gasteiger charge is -2.21. The summed E-state index contributed by atoms with van der Waals surface area (Å²) in [5.41, 5.74) is 0.538. The van der Waals surface area contributed by atoms with Crippen LogP contribution < -0.4 is 0 Å². The molecule has 0 unspecified atom stereocenters. The molecule has 1 N–H and O–H groups in total. The van der Waals surface area contributed by atoms with Gasteiger partial charge < -0.3 is 4.90 Å². The standard InChI is InChI=1S/C15H19ClN6O/c1-11-18-14(20-19-11)10-21-3-2-4-22(6-5-21)15(23)12-7-13(16)9-17-8-12/h7-9H,2-6,10H2,1H3,(H,18,19,20). The number of halogens is 1. The third kappa shape index (κ3) is 4.05. The summed E-state index contributed by atoms with van der Waals surface area (Å²) in [5.74, 6) is 1.59. The van der Waals surface area contributed by atoms with Gasteiger partial charge in [0.2, 0.25) is 0 Å². The molecule has 3 heterocycles. The smallest absolute Gasteiger partial charge is 0.255 e. The first-order valence-electron chi connectivity index (χ1n) is 7.62. The quantitative estimate of drug-likeness (QED) is 0.920. The Bertz CT molecular complexity index is 688. The highest BCUT2D eigenvalue weighted by atomic mass is 35.5. The highest BCUT2D eigenvalue weighted by Crippen LogP contribution is 2.13. The molecule has 0 spiro atoms. The van der Waals surface area contributed by atoms with Gasteiger partial charge in [-0.25, -0.2) is 4.98 Å². The normalized spacial score (nSPS) is 16.3. The number of H-pyrrole nitrogens is 1. The van der Waals surface area contributed by atoms with Gasteiger partial charge in [0.1, 0.15) is 5.82 Å². The average Bonchev–Trinajstić information content (AvgIpc) is 2.80. The van der Waals surface area contributed by atoms with Gasteiger partial charge in [0, 0.05) is 38.6 Å². The Balaban J connectivity index is 1.60. The number of rotatable bonds is 3. The predicted molar refractivity (Wildman–Crippen MR) is 86.2 cm³/mol. The van der Waals surface area contributed by atoms with Crippen molar-refractivity contribution in [2.75, 3.05) is 26.2 Å².